The molecule has 0 spiro atoms. The zero-order chi connectivity index (χ0) is 19.9. The van der Waals surface area contributed by atoms with Crippen LogP contribution in [0.5, 0.6) is 5.75 Å². The zero-order valence-corrected chi connectivity index (χ0v) is 15.0. The standard InChI is InChI=1S/C14H18F5NO5Si/c1-3-23-26(22,24-4-2)7-5-6-20-14(21)25-13-11(18)9(16)8(15)10(17)12(13)19/h22H,3-7H2,1-2H3,(H,20,21). The third kappa shape index (κ3) is 5.62. The molecule has 0 aliphatic carbocycles. The van der Waals surface area contributed by atoms with Crippen LogP contribution in [0.3, 0.4) is 0 Å². The van der Waals surface area contributed by atoms with E-state index < -0.39 is 49.7 Å². The van der Waals surface area contributed by atoms with E-state index in [0.717, 1.165) is 0 Å². The molecule has 148 valence electrons. The highest BCUT2D eigenvalue weighted by atomic mass is 28.4. The van der Waals surface area contributed by atoms with E-state index in [0.29, 0.717) is 0 Å². The molecule has 12 heteroatoms. The third-order valence-corrected chi connectivity index (χ3v) is 5.51. The number of rotatable bonds is 9. The van der Waals surface area contributed by atoms with Crippen LogP contribution in [-0.2, 0) is 8.85 Å². The Morgan fingerprint density at radius 2 is 1.42 bits per heavy atom. The Morgan fingerprint density at radius 1 is 0.962 bits per heavy atom. The summed E-state index contributed by atoms with van der Waals surface area (Å²) in [5.74, 6) is -13.0. The number of hydrogen-bond donors (Lipinski definition) is 2. The van der Waals surface area contributed by atoms with E-state index in [1.165, 1.54) is 0 Å². The van der Waals surface area contributed by atoms with Gasteiger partial charge in [0, 0.05) is 25.8 Å². The van der Waals surface area contributed by atoms with Crippen molar-refractivity contribution in [3.05, 3.63) is 29.1 Å². The van der Waals surface area contributed by atoms with Gasteiger partial charge in [0.15, 0.2) is 0 Å². The summed E-state index contributed by atoms with van der Waals surface area (Å²) in [6.45, 7) is 3.65. The lowest BCUT2D eigenvalue weighted by Gasteiger charge is -2.22. The van der Waals surface area contributed by atoms with E-state index in [-0.39, 0.29) is 32.2 Å². The summed E-state index contributed by atoms with van der Waals surface area (Å²) in [5, 5.41) is 2.06. The van der Waals surface area contributed by atoms with Crippen molar-refractivity contribution >= 4 is 14.9 Å². The van der Waals surface area contributed by atoms with Crippen molar-refractivity contribution in [1.29, 1.82) is 0 Å². The van der Waals surface area contributed by atoms with Crippen LogP contribution in [0.4, 0.5) is 26.7 Å². The predicted octanol–water partition coefficient (Wildman–Crippen LogP) is 2.86. The summed E-state index contributed by atoms with van der Waals surface area (Å²) in [4.78, 5) is 21.6. The fourth-order valence-corrected chi connectivity index (χ4v) is 3.84. The molecule has 0 aliphatic rings. The maximum atomic E-state index is 13.4. The second-order valence-corrected chi connectivity index (χ2v) is 7.40. The van der Waals surface area contributed by atoms with Gasteiger partial charge in [-0.05, 0) is 20.3 Å². The Labute approximate surface area is 147 Å². The van der Waals surface area contributed by atoms with Gasteiger partial charge in [0.05, 0.1) is 0 Å². The average molecular weight is 403 g/mol. The lowest BCUT2D eigenvalue weighted by atomic mass is 10.2. The van der Waals surface area contributed by atoms with Crippen molar-refractivity contribution in [2.75, 3.05) is 19.8 Å². The second-order valence-electron chi connectivity index (χ2n) is 4.90. The van der Waals surface area contributed by atoms with Crippen molar-refractivity contribution in [2.24, 2.45) is 0 Å². The van der Waals surface area contributed by atoms with Gasteiger partial charge >= 0.3 is 14.9 Å². The van der Waals surface area contributed by atoms with E-state index in [2.05, 4.69) is 10.1 Å². The first kappa shape index (κ1) is 22.3. The highest BCUT2D eigenvalue weighted by Gasteiger charge is 2.35. The molecule has 6 nitrogen and oxygen atoms in total. The van der Waals surface area contributed by atoms with Crippen LogP contribution < -0.4 is 10.1 Å². The number of halogens is 5. The van der Waals surface area contributed by atoms with Gasteiger partial charge in [-0.25, -0.2) is 18.0 Å². The summed E-state index contributed by atoms with van der Waals surface area (Å²) < 4.78 is 80.2. The summed E-state index contributed by atoms with van der Waals surface area (Å²) in [5.41, 5.74) is 0. The molecule has 1 aromatic carbocycles. The van der Waals surface area contributed by atoms with Crippen molar-refractivity contribution in [1.82, 2.24) is 5.32 Å². The molecule has 0 heterocycles. The molecule has 1 amide bonds. The topological polar surface area (TPSA) is 77.0 Å². The molecule has 0 saturated carbocycles. The van der Waals surface area contributed by atoms with Gasteiger partial charge in [-0.15, -0.1) is 0 Å². The average Bonchev–Trinajstić information content (AvgIpc) is 2.59. The molecule has 1 aromatic rings. The first-order valence-corrected chi connectivity index (χ1v) is 9.61. The Hall–Kier alpha value is -1.76. The van der Waals surface area contributed by atoms with Gasteiger partial charge in [-0.1, -0.05) is 0 Å². The molecular weight excluding hydrogens is 385 g/mol. The van der Waals surface area contributed by atoms with Crippen LogP contribution in [0.25, 0.3) is 0 Å². The monoisotopic (exact) mass is 403 g/mol. The Balaban J connectivity index is 2.61. The van der Waals surface area contributed by atoms with Crippen LogP contribution in [0.1, 0.15) is 20.3 Å². The third-order valence-electron chi connectivity index (χ3n) is 3.04. The number of amides is 1. The van der Waals surface area contributed by atoms with Crippen molar-refractivity contribution in [3.63, 3.8) is 0 Å². The molecule has 0 bridgehead atoms. The van der Waals surface area contributed by atoms with E-state index in [4.69, 9.17) is 8.85 Å². The van der Waals surface area contributed by atoms with Crippen LogP contribution in [-0.4, -0.2) is 39.5 Å². The number of benzene rings is 1. The van der Waals surface area contributed by atoms with E-state index in [1.54, 1.807) is 13.8 Å². The molecule has 0 fully saturated rings. The number of carbonyl (C=O) groups excluding carboxylic acids is 1. The summed E-state index contributed by atoms with van der Waals surface area (Å²) >= 11 is 0. The van der Waals surface area contributed by atoms with Crippen LogP contribution in [0.15, 0.2) is 0 Å². The SMILES string of the molecule is CCO[Si](O)(CCCNC(=O)Oc1c(F)c(F)c(F)c(F)c1F)OCC. The number of carbonyl (C=O) groups is 1. The van der Waals surface area contributed by atoms with Crippen LogP contribution >= 0.6 is 0 Å². The quantitative estimate of drug-likeness (QED) is 0.218. The number of ether oxygens (including phenoxy) is 1. The minimum absolute atomic E-state index is 0.0808. The van der Waals surface area contributed by atoms with Gasteiger partial charge < -0.3 is 23.7 Å². The molecule has 0 atom stereocenters. The van der Waals surface area contributed by atoms with E-state index in [1.807, 2.05) is 0 Å². The molecule has 0 saturated heterocycles. The summed E-state index contributed by atoms with van der Waals surface area (Å²) in [6.07, 6.45) is -1.26. The maximum absolute atomic E-state index is 13.4. The van der Waals surface area contributed by atoms with Gasteiger partial charge in [0.2, 0.25) is 34.8 Å². The van der Waals surface area contributed by atoms with Gasteiger partial charge in [0.1, 0.15) is 0 Å². The fourth-order valence-electron chi connectivity index (χ4n) is 1.94. The fraction of sp³-hybridized carbons (Fsp3) is 0.500. The largest absolute Gasteiger partial charge is 0.498 e. The van der Waals surface area contributed by atoms with Crippen molar-refractivity contribution in [2.45, 2.75) is 26.3 Å². The summed E-state index contributed by atoms with van der Waals surface area (Å²) in [7, 11) is -3.39. The molecule has 26 heavy (non-hydrogen) atoms. The molecule has 0 aromatic heterocycles. The van der Waals surface area contributed by atoms with Crippen molar-refractivity contribution in [3.8, 4) is 5.75 Å². The minimum atomic E-state index is -3.39. The molecule has 0 aliphatic heterocycles. The molecule has 0 radical (unpaired) electrons. The summed E-state index contributed by atoms with van der Waals surface area (Å²) in [6, 6.07) is 0.0808. The molecule has 2 N–H and O–H groups in total. The van der Waals surface area contributed by atoms with E-state index >= 15 is 0 Å². The van der Waals surface area contributed by atoms with Crippen LogP contribution in [0, 0.1) is 29.1 Å². The first-order valence-electron chi connectivity index (χ1n) is 7.64. The lowest BCUT2D eigenvalue weighted by molar-refractivity contribution is 0.107. The Morgan fingerprint density at radius 3 is 1.88 bits per heavy atom. The zero-order valence-electron chi connectivity index (χ0n) is 14.0. The number of hydrogen-bond acceptors (Lipinski definition) is 5. The minimum Gasteiger partial charge on any atom is -0.404 e. The van der Waals surface area contributed by atoms with Gasteiger partial charge in [-0.3, -0.25) is 0 Å². The first-order chi connectivity index (χ1) is 12.2. The normalized spacial score (nSPS) is 11.5. The molecular formula is C14H18F5NO5Si. The number of nitrogens with one attached hydrogen (secondary N) is 1. The van der Waals surface area contributed by atoms with Gasteiger partial charge in [-0.2, -0.15) is 8.78 Å². The smallest absolute Gasteiger partial charge is 0.404 e. The highest BCUT2D eigenvalue weighted by Crippen LogP contribution is 2.29. The van der Waals surface area contributed by atoms with E-state index in [9.17, 15) is 31.5 Å². The lowest BCUT2D eigenvalue weighted by Crippen LogP contribution is -2.43. The Bertz CT molecular complexity index is 614. The van der Waals surface area contributed by atoms with Gasteiger partial charge in [0.25, 0.3) is 0 Å². The molecule has 1 rings (SSSR count). The Kier molecular flexibility index (Phi) is 8.40. The predicted molar refractivity (Wildman–Crippen MR) is 80.9 cm³/mol. The van der Waals surface area contributed by atoms with Crippen LogP contribution in [0.2, 0.25) is 6.04 Å². The second kappa shape index (κ2) is 9.80. The highest BCUT2D eigenvalue weighted by molar-refractivity contribution is 6.59. The van der Waals surface area contributed by atoms with Crippen molar-refractivity contribution < 1.29 is 45.1 Å². The maximum Gasteiger partial charge on any atom is 0.498 e. The molecule has 0 unspecified atom stereocenters.